The van der Waals surface area contributed by atoms with Gasteiger partial charge in [-0.1, -0.05) is 30.7 Å². The fraction of sp³-hybridized carbons (Fsp3) is 0.571. The minimum Gasteiger partial charge on any atom is -0.324 e. The van der Waals surface area contributed by atoms with Gasteiger partial charge in [-0.15, -0.1) is 0 Å². The van der Waals surface area contributed by atoms with E-state index >= 15 is 0 Å². The average Bonchev–Trinajstić information content (AvgIpc) is 2.75. The molecule has 3 rings (SSSR count). The largest absolute Gasteiger partial charge is 0.324 e. The van der Waals surface area contributed by atoms with Crippen molar-refractivity contribution in [2.24, 2.45) is 11.7 Å². The van der Waals surface area contributed by atoms with Crippen LogP contribution in [0, 0.1) is 12.8 Å². The topological polar surface area (TPSA) is 26.0 Å². The SMILES string of the molecule is Cc1ccccc1C1CC1(N)C1CCC1. The molecule has 2 aliphatic rings. The van der Waals surface area contributed by atoms with Crippen LogP contribution in [0.25, 0.3) is 0 Å². The predicted octanol–water partition coefficient (Wildman–Crippen LogP) is 2.98. The zero-order valence-electron chi connectivity index (χ0n) is 9.37. The summed E-state index contributed by atoms with van der Waals surface area (Å²) in [6, 6.07) is 8.72. The van der Waals surface area contributed by atoms with E-state index in [0.29, 0.717) is 5.92 Å². The molecule has 2 saturated carbocycles. The molecule has 2 aliphatic carbocycles. The second kappa shape index (κ2) is 3.08. The van der Waals surface area contributed by atoms with Crippen LogP contribution in [-0.2, 0) is 0 Å². The van der Waals surface area contributed by atoms with Crippen LogP contribution in [0.1, 0.15) is 42.7 Å². The Bertz CT molecular complexity index is 381. The van der Waals surface area contributed by atoms with Crippen molar-refractivity contribution in [2.75, 3.05) is 0 Å². The van der Waals surface area contributed by atoms with Gasteiger partial charge >= 0.3 is 0 Å². The molecule has 2 atom stereocenters. The highest BCUT2D eigenvalue weighted by Gasteiger charge is 2.57. The van der Waals surface area contributed by atoms with Gasteiger partial charge in [-0.2, -0.15) is 0 Å². The molecule has 1 heteroatoms. The summed E-state index contributed by atoms with van der Waals surface area (Å²) < 4.78 is 0. The van der Waals surface area contributed by atoms with Crippen molar-refractivity contribution < 1.29 is 0 Å². The zero-order chi connectivity index (χ0) is 10.5. The van der Waals surface area contributed by atoms with Gasteiger partial charge in [-0.05, 0) is 43.2 Å². The quantitative estimate of drug-likeness (QED) is 0.782. The molecule has 0 radical (unpaired) electrons. The molecule has 1 nitrogen and oxygen atoms in total. The van der Waals surface area contributed by atoms with Gasteiger partial charge in [-0.25, -0.2) is 0 Å². The third-order valence-electron chi connectivity index (χ3n) is 4.48. The van der Waals surface area contributed by atoms with Crippen molar-refractivity contribution in [3.05, 3.63) is 35.4 Å². The smallest absolute Gasteiger partial charge is 0.0259 e. The minimum absolute atomic E-state index is 0.157. The molecular weight excluding hydrogens is 182 g/mol. The summed E-state index contributed by atoms with van der Waals surface area (Å²) in [5.74, 6) is 1.45. The van der Waals surface area contributed by atoms with E-state index in [4.69, 9.17) is 5.73 Å². The highest BCUT2D eigenvalue weighted by Crippen LogP contribution is 2.59. The number of hydrogen-bond donors (Lipinski definition) is 1. The molecule has 0 bridgehead atoms. The number of rotatable bonds is 2. The Labute approximate surface area is 91.7 Å². The van der Waals surface area contributed by atoms with Gasteiger partial charge < -0.3 is 5.73 Å². The molecule has 0 spiro atoms. The maximum atomic E-state index is 6.50. The van der Waals surface area contributed by atoms with Gasteiger partial charge in [0.25, 0.3) is 0 Å². The van der Waals surface area contributed by atoms with Crippen LogP contribution < -0.4 is 5.73 Å². The molecule has 0 aliphatic heterocycles. The van der Waals surface area contributed by atoms with Crippen LogP contribution in [-0.4, -0.2) is 5.54 Å². The van der Waals surface area contributed by atoms with Crippen LogP contribution in [0.15, 0.2) is 24.3 Å². The fourth-order valence-corrected chi connectivity index (χ4v) is 3.07. The van der Waals surface area contributed by atoms with Crippen molar-refractivity contribution >= 4 is 0 Å². The Balaban J connectivity index is 1.84. The maximum Gasteiger partial charge on any atom is 0.0259 e. The van der Waals surface area contributed by atoms with Crippen molar-refractivity contribution in [3.8, 4) is 0 Å². The first-order valence-corrected chi connectivity index (χ1v) is 6.06. The molecule has 0 heterocycles. The summed E-state index contributed by atoms with van der Waals surface area (Å²) in [5, 5.41) is 0. The Morgan fingerprint density at radius 2 is 2.00 bits per heavy atom. The Morgan fingerprint density at radius 1 is 1.27 bits per heavy atom. The highest BCUT2D eigenvalue weighted by molar-refractivity contribution is 5.39. The Hall–Kier alpha value is -0.820. The average molecular weight is 201 g/mol. The summed E-state index contributed by atoms with van der Waals surface area (Å²) in [4.78, 5) is 0. The van der Waals surface area contributed by atoms with E-state index in [1.54, 1.807) is 0 Å². The number of benzene rings is 1. The van der Waals surface area contributed by atoms with Crippen LogP contribution in [0.5, 0.6) is 0 Å². The van der Waals surface area contributed by atoms with E-state index in [0.717, 1.165) is 5.92 Å². The van der Waals surface area contributed by atoms with Crippen molar-refractivity contribution in [1.29, 1.82) is 0 Å². The van der Waals surface area contributed by atoms with Crippen LogP contribution in [0.4, 0.5) is 0 Å². The van der Waals surface area contributed by atoms with Crippen molar-refractivity contribution in [3.63, 3.8) is 0 Å². The molecule has 1 aromatic carbocycles. The minimum atomic E-state index is 0.157. The van der Waals surface area contributed by atoms with Gasteiger partial charge in [0.05, 0.1) is 0 Å². The van der Waals surface area contributed by atoms with E-state index in [1.807, 2.05) is 0 Å². The van der Waals surface area contributed by atoms with Crippen molar-refractivity contribution in [1.82, 2.24) is 0 Å². The predicted molar refractivity (Wildman–Crippen MR) is 62.8 cm³/mol. The van der Waals surface area contributed by atoms with Crippen LogP contribution in [0.3, 0.4) is 0 Å². The Morgan fingerprint density at radius 3 is 2.60 bits per heavy atom. The number of nitrogens with two attached hydrogens (primary N) is 1. The van der Waals surface area contributed by atoms with Gasteiger partial charge in [0.15, 0.2) is 0 Å². The normalized spacial score (nSPS) is 34.9. The standard InChI is InChI=1S/C14H19N/c1-10-5-2-3-8-12(10)13-9-14(13,15)11-6-4-7-11/h2-3,5,8,11,13H,4,6-7,9,15H2,1H3. The van der Waals surface area contributed by atoms with Crippen LogP contribution >= 0.6 is 0 Å². The summed E-state index contributed by atoms with van der Waals surface area (Å²) >= 11 is 0. The van der Waals surface area contributed by atoms with Gasteiger partial charge in [-0.3, -0.25) is 0 Å². The first-order valence-electron chi connectivity index (χ1n) is 6.06. The lowest BCUT2D eigenvalue weighted by molar-refractivity contribution is 0.242. The molecule has 2 N–H and O–H groups in total. The number of aryl methyl sites for hydroxylation is 1. The van der Waals surface area contributed by atoms with Gasteiger partial charge in [0.2, 0.25) is 0 Å². The highest BCUT2D eigenvalue weighted by atomic mass is 14.9. The summed E-state index contributed by atoms with van der Waals surface area (Å²) in [6.07, 6.45) is 5.32. The van der Waals surface area contributed by atoms with E-state index < -0.39 is 0 Å². The first-order chi connectivity index (χ1) is 7.22. The van der Waals surface area contributed by atoms with Gasteiger partial charge in [0.1, 0.15) is 0 Å². The van der Waals surface area contributed by atoms with Gasteiger partial charge in [0, 0.05) is 11.5 Å². The van der Waals surface area contributed by atoms with E-state index in [1.165, 1.54) is 36.8 Å². The molecule has 80 valence electrons. The van der Waals surface area contributed by atoms with Crippen LogP contribution in [0.2, 0.25) is 0 Å². The second-order valence-electron chi connectivity index (χ2n) is 5.35. The lowest BCUT2D eigenvalue weighted by Crippen LogP contribution is -2.38. The first kappa shape index (κ1) is 9.41. The lowest BCUT2D eigenvalue weighted by atomic mass is 9.76. The fourth-order valence-electron chi connectivity index (χ4n) is 3.07. The van der Waals surface area contributed by atoms with E-state index in [2.05, 4.69) is 31.2 Å². The molecular formula is C14H19N. The summed E-state index contributed by atoms with van der Waals surface area (Å²) in [7, 11) is 0. The number of hydrogen-bond acceptors (Lipinski definition) is 1. The zero-order valence-corrected chi connectivity index (χ0v) is 9.37. The Kier molecular flexibility index (Phi) is 1.93. The van der Waals surface area contributed by atoms with E-state index in [9.17, 15) is 0 Å². The van der Waals surface area contributed by atoms with E-state index in [-0.39, 0.29) is 5.54 Å². The molecule has 1 aromatic rings. The molecule has 0 aromatic heterocycles. The second-order valence-corrected chi connectivity index (χ2v) is 5.35. The summed E-state index contributed by atoms with van der Waals surface area (Å²) in [6.45, 7) is 2.20. The lowest BCUT2D eigenvalue weighted by Gasteiger charge is -2.32. The third kappa shape index (κ3) is 1.33. The molecule has 2 fully saturated rings. The summed E-state index contributed by atoms with van der Waals surface area (Å²) in [5.41, 5.74) is 9.56. The molecule has 0 amide bonds. The molecule has 15 heavy (non-hydrogen) atoms. The molecule has 0 saturated heterocycles. The maximum absolute atomic E-state index is 6.50. The molecule has 2 unspecified atom stereocenters. The monoisotopic (exact) mass is 201 g/mol. The third-order valence-corrected chi connectivity index (χ3v) is 4.48. The van der Waals surface area contributed by atoms with Crippen molar-refractivity contribution in [2.45, 2.75) is 44.1 Å².